The number of amides is 2. The van der Waals surface area contributed by atoms with Crippen molar-refractivity contribution in [2.75, 3.05) is 18.4 Å². The Morgan fingerprint density at radius 3 is 2.74 bits per heavy atom. The van der Waals surface area contributed by atoms with E-state index in [1.54, 1.807) is 6.92 Å². The van der Waals surface area contributed by atoms with E-state index >= 15 is 0 Å². The summed E-state index contributed by atoms with van der Waals surface area (Å²) in [6.07, 6.45) is 5.07. The smallest absolute Gasteiger partial charge is 0.323 e. The fraction of sp³-hybridized carbons (Fsp3) is 0.231. The molecule has 2 amide bonds. The molecule has 6 heteroatoms. The lowest BCUT2D eigenvalue weighted by molar-refractivity contribution is -0.137. The Morgan fingerprint density at radius 2 is 2.21 bits per heavy atom. The molecule has 0 aliphatic carbocycles. The van der Waals surface area contributed by atoms with Crippen molar-refractivity contribution < 1.29 is 19.1 Å². The number of hydrogen-bond acceptors (Lipinski definition) is 2. The highest BCUT2D eigenvalue weighted by atomic mass is 19.1. The van der Waals surface area contributed by atoms with Crippen molar-refractivity contribution in [2.24, 2.45) is 0 Å². The van der Waals surface area contributed by atoms with Crippen LogP contribution in [0.15, 0.2) is 18.2 Å². The van der Waals surface area contributed by atoms with Crippen LogP contribution in [0.3, 0.4) is 0 Å². The molecule has 0 spiro atoms. The lowest BCUT2D eigenvalue weighted by atomic mass is 10.2. The quantitative estimate of drug-likeness (QED) is 0.813. The van der Waals surface area contributed by atoms with Gasteiger partial charge in [0, 0.05) is 5.69 Å². The Morgan fingerprint density at radius 1 is 1.53 bits per heavy atom. The second-order valence-electron chi connectivity index (χ2n) is 3.84. The van der Waals surface area contributed by atoms with Gasteiger partial charge in [0.15, 0.2) is 0 Å². The van der Waals surface area contributed by atoms with E-state index in [2.05, 4.69) is 11.2 Å². The van der Waals surface area contributed by atoms with Gasteiger partial charge in [-0.3, -0.25) is 4.79 Å². The molecule has 1 aromatic rings. The van der Waals surface area contributed by atoms with Gasteiger partial charge in [0.1, 0.15) is 12.4 Å². The van der Waals surface area contributed by atoms with Gasteiger partial charge >= 0.3 is 12.0 Å². The van der Waals surface area contributed by atoms with Crippen molar-refractivity contribution in [1.29, 1.82) is 0 Å². The number of aryl methyl sites for hydroxylation is 1. The second kappa shape index (κ2) is 6.40. The van der Waals surface area contributed by atoms with E-state index in [0.29, 0.717) is 11.3 Å². The molecule has 0 bridgehead atoms. The number of terminal acetylenes is 1. The van der Waals surface area contributed by atoms with E-state index in [0.717, 1.165) is 4.90 Å². The third-order valence-corrected chi connectivity index (χ3v) is 2.33. The van der Waals surface area contributed by atoms with Gasteiger partial charge in [0.2, 0.25) is 0 Å². The third kappa shape index (κ3) is 4.32. The third-order valence-electron chi connectivity index (χ3n) is 2.33. The molecule has 0 saturated heterocycles. The predicted octanol–water partition coefficient (Wildman–Crippen LogP) is 1.69. The predicted molar refractivity (Wildman–Crippen MR) is 68.2 cm³/mol. The van der Waals surface area contributed by atoms with Crippen LogP contribution in [0.1, 0.15) is 5.56 Å². The van der Waals surface area contributed by atoms with Crippen LogP contribution in [0.25, 0.3) is 0 Å². The molecule has 0 heterocycles. The Kier molecular flexibility index (Phi) is 4.89. The van der Waals surface area contributed by atoms with Crippen LogP contribution in [0.2, 0.25) is 0 Å². The largest absolute Gasteiger partial charge is 0.480 e. The summed E-state index contributed by atoms with van der Waals surface area (Å²) >= 11 is 0. The van der Waals surface area contributed by atoms with Crippen molar-refractivity contribution >= 4 is 17.7 Å². The maximum absolute atomic E-state index is 12.9. The molecule has 1 rings (SSSR count). The minimum absolute atomic E-state index is 0.127. The number of carboxylic acid groups (broad SMARTS) is 1. The molecule has 0 radical (unpaired) electrons. The highest BCUT2D eigenvalue weighted by molar-refractivity contribution is 5.92. The van der Waals surface area contributed by atoms with Gasteiger partial charge in [-0.05, 0) is 30.7 Å². The number of halogens is 1. The summed E-state index contributed by atoms with van der Waals surface area (Å²) in [7, 11) is 0. The lowest BCUT2D eigenvalue weighted by Crippen LogP contribution is -2.39. The number of rotatable bonds is 4. The average molecular weight is 264 g/mol. The van der Waals surface area contributed by atoms with Gasteiger partial charge in [-0.25, -0.2) is 9.18 Å². The zero-order valence-electron chi connectivity index (χ0n) is 10.3. The first-order chi connectivity index (χ1) is 8.93. The number of carbonyl (C=O) groups excluding carboxylic acids is 1. The fourth-order valence-corrected chi connectivity index (χ4v) is 1.43. The number of carbonyl (C=O) groups is 2. The van der Waals surface area contributed by atoms with E-state index in [1.807, 2.05) is 0 Å². The van der Waals surface area contributed by atoms with Crippen molar-refractivity contribution in [3.05, 3.63) is 29.6 Å². The first kappa shape index (κ1) is 14.5. The highest BCUT2D eigenvalue weighted by Crippen LogP contribution is 2.16. The van der Waals surface area contributed by atoms with Crippen molar-refractivity contribution in [3.8, 4) is 12.3 Å². The fourth-order valence-electron chi connectivity index (χ4n) is 1.43. The number of hydrogen-bond donors (Lipinski definition) is 2. The maximum atomic E-state index is 12.9. The Bertz CT molecular complexity index is 537. The maximum Gasteiger partial charge on any atom is 0.323 e. The number of aliphatic carboxylic acids is 1. The van der Waals surface area contributed by atoms with E-state index in [4.69, 9.17) is 11.5 Å². The molecule has 2 N–H and O–H groups in total. The number of carboxylic acids is 1. The van der Waals surface area contributed by atoms with Crippen molar-refractivity contribution in [1.82, 2.24) is 4.90 Å². The second-order valence-corrected chi connectivity index (χ2v) is 3.84. The molecular weight excluding hydrogens is 251 g/mol. The van der Waals surface area contributed by atoms with Crippen molar-refractivity contribution in [3.63, 3.8) is 0 Å². The first-order valence-corrected chi connectivity index (χ1v) is 5.41. The molecule has 100 valence electrons. The Balaban J connectivity index is 2.81. The van der Waals surface area contributed by atoms with Crippen LogP contribution in [-0.2, 0) is 4.79 Å². The number of urea groups is 1. The summed E-state index contributed by atoms with van der Waals surface area (Å²) in [5.74, 6) is 0.625. The number of nitrogens with one attached hydrogen (secondary N) is 1. The molecule has 0 aromatic heterocycles. The monoisotopic (exact) mass is 264 g/mol. The van der Waals surface area contributed by atoms with Gasteiger partial charge in [0.05, 0.1) is 6.54 Å². The molecular formula is C13H13FN2O3. The van der Waals surface area contributed by atoms with E-state index in [9.17, 15) is 14.0 Å². The normalized spacial score (nSPS) is 9.53. The molecule has 0 saturated carbocycles. The van der Waals surface area contributed by atoms with Crippen LogP contribution in [-0.4, -0.2) is 35.1 Å². The molecule has 0 aliphatic heterocycles. The minimum atomic E-state index is -1.17. The van der Waals surface area contributed by atoms with Crippen LogP contribution >= 0.6 is 0 Å². The van der Waals surface area contributed by atoms with Gasteiger partial charge in [0.25, 0.3) is 0 Å². The summed E-state index contributed by atoms with van der Waals surface area (Å²) in [4.78, 5) is 23.4. The van der Waals surface area contributed by atoms with Gasteiger partial charge < -0.3 is 15.3 Å². The Hall–Kier alpha value is -2.55. The summed E-state index contributed by atoms with van der Waals surface area (Å²) in [6, 6.07) is 3.22. The summed E-state index contributed by atoms with van der Waals surface area (Å²) in [5, 5.41) is 11.2. The molecule has 5 nitrogen and oxygen atoms in total. The average Bonchev–Trinajstić information content (AvgIpc) is 2.31. The molecule has 0 aliphatic rings. The molecule has 0 atom stereocenters. The van der Waals surface area contributed by atoms with E-state index in [-0.39, 0.29) is 6.54 Å². The lowest BCUT2D eigenvalue weighted by Gasteiger charge is -2.19. The zero-order chi connectivity index (χ0) is 14.4. The molecule has 19 heavy (non-hydrogen) atoms. The van der Waals surface area contributed by atoms with Gasteiger partial charge in [-0.2, -0.15) is 0 Å². The molecule has 1 aromatic carbocycles. The van der Waals surface area contributed by atoms with Crippen LogP contribution < -0.4 is 5.32 Å². The number of benzene rings is 1. The molecule has 0 fully saturated rings. The summed E-state index contributed by atoms with van der Waals surface area (Å²) < 4.78 is 12.9. The van der Waals surface area contributed by atoms with E-state index < -0.39 is 24.4 Å². The SMILES string of the molecule is C#CCN(CC(=O)O)C(=O)Nc1ccc(F)cc1C. The number of nitrogens with zero attached hydrogens (tertiary/aromatic N) is 1. The van der Waals surface area contributed by atoms with Crippen molar-refractivity contribution in [2.45, 2.75) is 6.92 Å². The standard InChI is InChI=1S/C13H13FN2O3/c1-3-6-16(8-12(17)18)13(19)15-11-5-4-10(14)7-9(11)2/h1,4-5,7H,6,8H2,2H3,(H,15,19)(H,17,18). The van der Waals surface area contributed by atoms with Gasteiger partial charge in [-0.1, -0.05) is 5.92 Å². The Labute approximate surface area is 110 Å². The summed E-state index contributed by atoms with van der Waals surface area (Å²) in [5.41, 5.74) is 0.933. The van der Waals surface area contributed by atoms with Crippen LogP contribution in [0.4, 0.5) is 14.9 Å². The van der Waals surface area contributed by atoms with Gasteiger partial charge in [-0.15, -0.1) is 6.42 Å². The molecule has 0 unspecified atom stereocenters. The summed E-state index contributed by atoms with van der Waals surface area (Å²) in [6.45, 7) is 0.996. The topological polar surface area (TPSA) is 69.6 Å². The first-order valence-electron chi connectivity index (χ1n) is 5.41. The van der Waals surface area contributed by atoms with Crippen LogP contribution in [0, 0.1) is 25.1 Å². The number of anilines is 1. The van der Waals surface area contributed by atoms with E-state index in [1.165, 1.54) is 18.2 Å². The highest BCUT2D eigenvalue weighted by Gasteiger charge is 2.16. The minimum Gasteiger partial charge on any atom is -0.480 e. The van der Waals surface area contributed by atoms with Crippen LogP contribution in [0.5, 0.6) is 0 Å². The zero-order valence-corrected chi connectivity index (χ0v) is 10.3.